The molecule has 1 saturated carbocycles. The third-order valence-electron chi connectivity index (χ3n) is 6.44. The van der Waals surface area contributed by atoms with E-state index in [-0.39, 0.29) is 35.2 Å². The number of epoxide rings is 1. The Morgan fingerprint density at radius 3 is 2.84 bits per heavy atom. The van der Waals surface area contributed by atoms with Gasteiger partial charge in [-0.25, -0.2) is 0 Å². The zero-order valence-electron chi connectivity index (χ0n) is 11.6. The molecule has 0 aromatic rings. The molecule has 2 N–H and O–H groups in total. The maximum atomic E-state index is 10.4. The first kappa shape index (κ1) is 12.3. The van der Waals surface area contributed by atoms with Crippen molar-refractivity contribution >= 4 is 0 Å². The summed E-state index contributed by atoms with van der Waals surface area (Å²) in [5.41, 5.74) is 0.458. The van der Waals surface area contributed by atoms with E-state index in [0.717, 1.165) is 12.8 Å². The monoisotopic (exact) mass is 266 g/mol. The van der Waals surface area contributed by atoms with Crippen LogP contribution in [0.5, 0.6) is 0 Å². The molecule has 4 rings (SSSR count). The predicted molar refractivity (Wildman–Crippen MR) is 68.6 cm³/mol. The molecule has 106 valence electrons. The van der Waals surface area contributed by atoms with Crippen LogP contribution in [0.1, 0.15) is 33.1 Å². The summed E-state index contributed by atoms with van der Waals surface area (Å²) in [5.74, 6) is 0. The summed E-state index contributed by atoms with van der Waals surface area (Å²) in [4.78, 5) is 0. The molecule has 3 fully saturated rings. The van der Waals surface area contributed by atoms with Crippen LogP contribution in [0.4, 0.5) is 0 Å². The fraction of sp³-hybridized carbons (Fsp3) is 0.867. The zero-order valence-corrected chi connectivity index (χ0v) is 11.6. The summed E-state index contributed by atoms with van der Waals surface area (Å²) in [6.45, 7) is 5.05. The highest BCUT2D eigenvalue weighted by molar-refractivity contribution is 5.31. The van der Waals surface area contributed by atoms with Gasteiger partial charge in [0.25, 0.3) is 0 Å². The highest BCUT2D eigenvalue weighted by Gasteiger charge is 2.80. The first-order valence-corrected chi connectivity index (χ1v) is 7.25. The van der Waals surface area contributed by atoms with E-state index >= 15 is 0 Å². The summed E-state index contributed by atoms with van der Waals surface area (Å²) in [6.07, 6.45) is 3.93. The van der Waals surface area contributed by atoms with Crippen LogP contribution in [-0.2, 0) is 9.47 Å². The number of hydrogen-bond acceptors (Lipinski definition) is 4. The maximum absolute atomic E-state index is 10.4. The smallest absolute Gasteiger partial charge is 0.126 e. The number of rotatable bonds is 1. The molecule has 4 aliphatic rings. The summed E-state index contributed by atoms with van der Waals surface area (Å²) in [5, 5.41) is 20.5. The summed E-state index contributed by atoms with van der Waals surface area (Å²) in [7, 11) is 0. The molecule has 1 spiro atoms. The molecule has 0 aromatic carbocycles. The molecule has 4 nitrogen and oxygen atoms in total. The van der Waals surface area contributed by atoms with Crippen molar-refractivity contribution in [3.63, 3.8) is 0 Å². The van der Waals surface area contributed by atoms with Crippen LogP contribution in [0, 0.1) is 10.8 Å². The Labute approximate surface area is 113 Å². The van der Waals surface area contributed by atoms with E-state index < -0.39 is 6.10 Å². The van der Waals surface area contributed by atoms with E-state index in [9.17, 15) is 10.2 Å². The van der Waals surface area contributed by atoms with E-state index in [1.807, 2.05) is 0 Å². The van der Waals surface area contributed by atoms with Gasteiger partial charge in [-0.3, -0.25) is 0 Å². The Bertz CT molecular complexity index is 455. The average molecular weight is 266 g/mol. The second kappa shape index (κ2) is 3.42. The van der Waals surface area contributed by atoms with Gasteiger partial charge in [0.05, 0.1) is 25.4 Å². The maximum Gasteiger partial charge on any atom is 0.126 e. The second-order valence-electron chi connectivity index (χ2n) is 7.09. The first-order chi connectivity index (χ1) is 8.99. The first-order valence-electron chi connectivity index (χ1n) is 7.25. The number of hydrogen-bond donors (Lipinski definition) is 2. The molecular weight excluding hydrogens is 244 g/mol. The van der Waals surface area contributed by atoms with Crippen molar-refractivity contribution in [2.75, 3.05) is 13.2 Å². The van der Waals surface area contributed by atoms with Crippen molar-refractivity contribution in [3.8, 4) is 0 Å². The van der Waals surface area contributed by atoms with E-state index in [2.05, 4.69) is 19.9 Å². The highest BCUT2D eigenvalue weighted by Crippen LogP contribution is 2.71. The fourth-order valence-electron chi connectivity index (χ4n) is 5.03. The quantitative estimate of drug-likeness (QED) is 0.549. The van der Waals surface area contributed by atoms with E-state index in [1.54, 1.807) is 0 Å². The number of aliphatic hydroxyl groups is 2. The normalized spacial score (nSPS) is 58.9. The van der Waals surface area contributed by atoms with Crippen LogP contribution in [0.15, 0.2) is 11.6 Å². The predicted octanol–water partition coefficient (Wildman–Crippen LogP) is 1.01. The van der Waals surface area contributed by atoms with Gasteiger partial charge in [0.1, 0.15) is 11.7 Å². The molecule has 2 bridgehead atoms. The number of ether oxygens (including phenoxy) is 2. The molecule has 19 heavy (non-hydrogen) atoms. The van der Waals surface area contributed by atoms with Crippen molar-refractivity contribution in [1.82, 2.24) is 0 Å². The van der Waals surface area contributed by atoms with Gasteiger partial charge in [0, 0.05) is 10.8 Å². The van der Waals surface area contributed by atoms with Crippen LogP contribution in [0.2, 0.25) is 0 Å². The summed E-state index contributed by atoms with van der Waals surface area (Å²) < 4.78 is 12.0. The van der Waals surface area contributed by atoms with Crippen molar-refractivity contribution in [3.05, 3.63) is 11.6 Å². The molecule has 6 unspecified atom stereocenters. The Morgan fingerprint density at radius 2 is 2.21 bits per heavy atom. The molecule has 2 aliphatic carbocycles. The zero-order chi connectivity index (χ0) is 13.5. The van der Waals surface area contributed by atoms with Crippen LogP contribution in [-0.4, -0.2) is 47.3 Å². The molecule has 0 aromatic heterocycles. The van der Waals surface area contributed by atoms with Crippen LogP contribution < -0.4 is 0 Å². The van der Waals surface area contributed by atoms with Crippen molar-refractivity contribution in [2.24, 2.45) is 10.8 Å². The minimum absolute atomic E-state index is 0.0896. The molecule has 0 amide bonds. The van der Waals surface area contributed by atoms with Gasteiger partial charge in [-0.15, -0.1) is 0 Å². The van der Waals surface area contributed by atoms with E-state index in [4.69, 9.17) is 9.47 Å². The Kier molecular flexibility index (Phi) is 2.22. The fourth-order valence-corrected chi connectivity index (χ4v) is 5.03. The number of aliphatic hydroxyl groups excluding tert-OH is 2. The molecule has 0 radical (unpaired) electrons. The van der Waals surface area contributed by atoms with Gasteiger partial charge in [0.2, 0.25) is 0 Å². The van der Waals surface area contributed by atoms with Gasteiger partial charge in [0.15, 0.2) is 0 Å². The van der Waals surface area contributed by atoms with Crippen LogP contribution in [0.3, 0.4) is 0 Å². The van der Waals surface area contributed by atoms with E-state index in [0.29, 0.717) is 13.0 Å². The third kappa shape index (κ3) is 1.16. The van der Waals surface area contributed by atoms with Gasteiger partial charge in [-0.1, -0.05) is 18.6 Å². The Hall–Kier alpha value is -0.420. The Balaban J connectivity index is 1.87. The summed E-state index contributed by atoms with van der Waals surface area (Å²) in [6, 6.07) is 0. The SMILES string of the molecule is CC1=CC2OC3C(O)CC(C)(C2(CO)CC1)C31CO1. The standard InChI is InChI=1S/C15H22O4/c1-9-3-4-14(7-16)11(5-9)19-12-10(17)6-13(14,2)15(12)8-18-15/h5,10-12,16-17H,3-4,6-8H2,1-2H3. The van der Waals surface area contributed by atoms with Crippen molar-refractivity contribution < 1.29 is 19.7 Å². The number of fused-ring (bicyclic) bond motifs is 2. The lowest BCUT2D eigenvalue weighted by Gasteiger charge is -2.57. The average Bonchev–Trinajstić information content (AvgIpc) is 3.13. The van der Waals surface area contributed by atoms with Gasteiger partial charge in [-0.05, 0) is 26.2 Å². The molecule has 2 aliphatic heterocycles. The van der Waals surface area contributed by atoms with Gasteiger partial charge in [-0.2, -0.15) is 0 Å². The molecule has 6 atom stereocenters. The second-order valence-corrected chi connectivity index (χ2v) is 7.09. The largest absolute Gasteiger partial charge is 0.396 e. The Morgan fingerprint density at radius 1 is 1.47 bits per heavy atom. The minimum atomic E-state index is -0.477. The number of allylic oxidation sites excluding steroid dienone is 1. The lowest BCUT2D eigenvalue weighted by atomic mass is 9.52. The molecule has 2 saturated heterocycles. The lowest BCUT2D eigenvalue weighted by Crippen LogP contribution is -2.64. The minimum Gasteiger partial charge on any atom is -0.396 e. The third-order valence-corrected chi connectivity index (χ3v) is 6.44. The van der Waals surface area contributed by atoms with E-state index in [1.165, 1.54) is 5.57 Å². The van der Waals surface area contributed by atoms with Crippen LogP contribution in [0.25, 0.3) is 0 Å². The van der Waals surface area contributed by atoms with Crippen molar-refractivity contribution in [1.29, 1.82) is 0 Å². The van der Waals surface area contributed by atoms with Gasteiger partial charge >= 0.3 is 0 Å². The van der Waals surface area contributed by atoms with Crippen LogP contribution >= 0.6 is 0 Å². The van der Waals surface area contributed by atoms with Crippen molar-refractivity contribution in [2.45, 2.75) is 57.0 Å². The molecule has 2 heterocycles. The lowest BCUT2D eigenvalue weighted by molar-refractivity contribution is -0.216. The molecule has 4 heteroatoms. The topological polar surface area (TPSA) is 62.2 Å². The summed E-state index contributed by atoms with van der Waals surface area (Å²) >= 11 is 0. The van der Waals surface area contributed by atoms with Gasteiger partial charge < -0.3 is 19.7 Å². The molecular formula is C15H22O4. The highest BCUT2D eigenvalue weighted by atomic mass is 16.6.